The summed E-state index contributed by atoms with van der Waals surface area (Å²) in [6.45, 7) is 5.53. The van der Waals surface area contributed by atoms with Crippen LogP contribution in [0.25, 0.3) is 0 Å². The number of ether oxygens (including phenoxy) is 1. The molecule has 0 atom stereocenters. The van der Waals surface area contributed by atoms with Crippen molar-refractivity contribution in [1.82, 2.24) is 20.9 Å². The second-order valence-electron chi connectivity index (χ2n) is 4.89. The first-order valence-corrected chi connectivity index (χ1v) is 7.93. The quantitative estimate of drug-likeness (QED) is 0.683. The fraction of sp³-hybridized carbons (Fsp3) is 0.500. The van der Waals surface area contributed by atoms with Crippen molar-refractivity contribution < 1.29 is 9.53 Å². The van der Waals surface area contributed by atoms with Gasteiger partial charge in [-0.3, -0.25) is 4.90 Å². The van der Waals surface area contributed by atoms with E-state index in [-0.39, 0.29) is 12.8 Å². The minimum absolute atomic E-state index is 0.0425. The molecule has 3 N–H and O–H groups in total. The van der Waals surface area contributed by atoms with Crippen LogP contribution >= 0.6 is 23.2 Å². The highest BCUT2D eigenvalue weighted by molar-refractivity contribution is 6.35. The highest BCUT2D eigenvalue weighted by atomic mass is 35.5. The monoisotopic (exact) mass is 346 g/mol. The summed E-state index contributed by atoms with van der Waals surface area (Å²) in [5, 5.41) is 9.65. The molecular formula is C14H20Cl2N4O2. The highest BCUT2D eigenvalue weighted by Gasteiger charge is 2.09. The average Bonchev–Trinajstić information content (AvgIpc) is 2.50. The fourth-order valence-electron chi connectivity index (χ4n) is 2.10. The third kappa shape index (κ3) is 5.88. The Hall–Kier alpha value is -1.21. The average molecular weight is 347 g/mol. The SMILES string of the molecule is O=C(NCCN1CCNCC1)NCOc1ccc(Cl)cc1Cl. The Morgan fingerprint density at radius 2 is 2.05 bits per heavy atom. The zero-order valence-electron chi connectivity index (χ0n) is 12.2. The van der Waals surface area contributed by atoms with E-state index in [2.05, 4.69) is 20.9 Å². The number of carbonyl (C=O) groups excluding carboxylic acids is 1. The minimum Gasteiger partial charge on any atom is -0.472 e. The van der Waals surface area contributed by atoms with Crippen LogP contribution in [0.5, 0.6) is 5.75 Å². The predicted molar refractivity (Wildman–Crippen MR) is 87.8 cm³/mol. The van der Waals surface area contributed by atoms with Gasteiger partial charge < -0.3 is 20.7 Å². The lowest BCUT2D eigenvalue weighted by molar-refractivity contribution is 0.216. The van der Waals surface area contributed by atoms with Gasteiger partial charge in [0, 0.05) is 44.3 Å². The summed E-state index contributed by atoms with van der Waals surface area (Å²) in [6.07, 6.45) is 0. The number of rotatable bonds is 6. The van der Waals surface area contributed by atoms with Crippen LogP contribution < -0.4 is 20.7 Å². The Bertz CT molecular complexity index is 496. The van der Waals surface area contributed by atoms with E-state index in [1.807, 2.05) is 0 Å². The van der Waals surface area contributed by atoms with Gasteiger partial charge in [0.05, 0.1) is 5.02 Å². The molecule has 1 saturated heterocycles. The van der Waals surface area contributed by atoms with E-state index in [9.17, 15) is 4.79 Å². The van der Waals surface area contributed by atoms with Gasteiger partial charge in [0.1, 0.15) is 5.75 Å². The molecule has 1 aromatic carbocycles. The van der Waals surface area contributed by atoms with Gasteiger partial charge in [0.15, 0.2) is 6.73 Å². The zero-order chi connectivity index (χ0) is 15.8. The third-order valence-corrected chi connectivity index (χ3v) is 3.81. The minimum atomic E-state index is -0.264. The molecule has 0 radical (unpaired) electrons. The van der Waals surface area contributed by atoms with Gasteiger partial charge in [-0.1, -0.05) is 23.2 Å². The number of benzene rings is 1. The van der Waals surface area contributed by atoms with Crippen molar-refractivity contribution in [3.05, 3.63) is 28.2 Å². The maximum Gasteiger partial charge on any atom is 0.317 e. The number of hydrogen-bond donors (Lipinski definition) is 3. The molecule has 22 heavy (non-hydrogen) atoms. The summed E-state index contributed by atoms with van der Waals surface area (Å²) in [7, 11) is 0. The number of nitrogens with one attached hydrogen (secondary N) is 3. The topological polar surface area (TPSA) is 65.6 Å². The van der Waals surface area contributed by atoms with E-state index in [0.29, 0.717) is 22.3 Å². The number of amides is 2. The lowest BCUT2D eigenvalue weighted by Gasteiger charge is -2.27. The molecule has 6 nitrogen and oxygen atoms in total. The highest BCUT2D eigenvalue weighted by Crippen LogP contribution is 2.27. The zero-order valence-corrected chi connectivity index (χ0v) is 13.7. The molecule has 2 amide bonds. The lowest BCUT2D eigenvalue weighted by Crippen LogP contribution is -2.47. The normalized spacial score (nSPS) is 15.4. The second-order valence-corrected chi connectivity index (χ2v) is 5.73. The number of urea groups is 1. The van der Waals surface area contributed by atoms with Crippen LogP contribution in [0.3, 0.4) is 0 Å². The van der Waals surface area contributed by atoms with E-state index in [4.69, 9.17) is 27.9 Å². The predicted octanol–water partition coefficient (Wildman–Crippen LogP) is 1.53. The number of halogens is 2. The third-order valence-electron chi connectivity index (χ3n) is 3.28. The molecule has 0 aliphatic carbocycles. The smallest absolute Gasteiger partial charge is 0.317 e. The van der Waals surface area contributed by atoms with Gasteiger partial charge >= 0.3 is 6.03 Å². The Balaban J connectivity index is 1.59. The van der Waals surface area contributed by atoms with Crippen molar-refractivity contribution in [3.8, 4) is 5.75 Å². The summed E-state index contributed by atoms with van der Waals surface area (Å²) >= 11 is 11.8. The van der Waals surface area contributed by atoms with Gasteiger partial charge in [0.25, 0.3) is 0 Å². The molecule has 0 spiro atoms. The summed E-state index contributed by atoms with van der Waals surface area (Å²) < 4.78 is 5.38. The number of piperazine rings is 1. The Labute approximate surface area is 140 Å². The molecule has 122 valence electrons. The summed E-state index contributed by atoms with van der Waals surface area (Å²) in [5.41, 5.74) is 0. The van der Waals surface area contributed by atoms with E-state index in [1.54, 1.807) is 18.2 Å². The first-order chi connectivity index (χ1) is 10.6. The number of carbonyl (C=O) groups is 1. The molecule has 1 aliphatic heterocycles. The summed E-state index contributed by atoms with van der Waals surface area (Å²) in [5.74, 6) is 0.479. The lowest BCUT2D eigenvalue weighted by atomic mass is 10.3. The van der Waals surface area contributed by atoms with Gasteiger partial charge in [0.2, 0.25) is 0 Å². The van der Waals surface area contributed by atoms with Crippen LogP contribution in [0.1, 0.15) is 0 Å². The fourth-order valence-corrected chi connectivity index (χ4v) is 2.56. The molecule has 1 aliphatic rings. The first kappa shape index (κ1) is 17.1. The van der Waals surface area contributed by atoms with E-state index >= 15 is 0 Å². The van der Waals surface area contributed by atoms with Crippen molar-refractivity contribution >= 4 is 29.2 Å². The van der Waals surface area contributed by atoms with Crippen molar-refractivity contribution in [2.75, 3.05) is 46.0 Å². The van der Waals surface area contributed by atoms with Crippen LogP contribution in [0, 0.1) is 0 Å². The Kier molecular flexibility index (Phi) is 7.05. The van der Waals surface area contributed by atoms with Crippen molar-refractivity contribution in [2.24, 2.45) is 0 Å². The van der Waals surface area contributed by atoms with Gasteiger partial charge in [-0.25, -0.2) is 4.79 Å². The first-order valence-electron chi connectivity index (χ1n) is 7.18. The van der Waals surface area contributed by atoms with Crippen molar-refractivity contribution in [3.63, 3.8) is 0 Å². The molecule has 2 rings (SSSR count). The van der Waals surface area contributed by atoms with Gasteiger partial charge in [-0.05, 0) is 18.2 Å². The van der Waals surface area contributed by atoms with Crippen LogP contribution in [-0.2, 0) is 0 Å². The van der Waals surface area contributed by atoms with Crippen LogP contribution in [0.15, 0.2) is 18.2 Å². The molecule has 0 unspecified atom stereocenters. The molecule has 0 aromatic heterocycles. The maximum atomic E-state index is 11.6. The van der Waals surface area contributed by atoms with Crippen LogP contribution in [-0.4, -0.2) is 56.9 Å². The van der Waals surface area contributed by atoms with Crippen molar-refractivity contribution in [1.29, 1.82) is 0 Å². The maximum absolute atomic E-state index is 11.6. The van der Waals surface area contributed by atoms with Crippen molar-refractivity contribution in [2.45, 2.75) is 0 Å². The molecular weight excluding hydrogens is 327 g/mol. The summed E-state index contributed by atoms with van der Waals surface area (Å²) in [6, 6.07) is 4.66. The van der Waals surface area contributed by atoms with Crippen LogP contribution in [0.2, 0.25) is 10.0 Å². The second kappa shape index (κ2) is 9.05. The molecule has 0 bridgehead atoms. The Morgan fingerprint density at radius 3 is 2.77 bits per heavy atom. The van der Waals surface area contributed by atoms with Crippen LogP contribution in [0.4, 0.5) is 4.79 Å². The molecule has 1 aromatic rings. The van der Waals surface area contributed by atoms with E-state index < -0.39 is 0 Å². The number of nitrogens with zero attached hydrogens (tertiary/aromatic N) is 1. The summed E-state index contributed by atoms with van der Waals surface area (Å²) in [4.78, 5) is 13.9. The molecule has 8 heteroatoms. The van der Waals surface area contributed by atoms with E-state index in [0.717, 1.165) is 32.7 Å². The standard InChI is InChI=1S/C14H20Cl2N4O2/c15-11-1-2-13(12(16)9-11)22-10-19-14(21)18-5-8-20-6-3-17-4-7-20/h1-2,9,17H,3-8,10H2,(H2,18,19,21). The van der Waals surface area contributed by atoms with E-state index in [1.165, 1.54) is 0 Å². The Morgan fingerprint density at radius 1 is 1.27 bits per heavy atom. The van der Waals surface area contributed by atoms with Gasteiger partial charge in [-0.15, -0.1) is 0 Å². The number of hydrogen-bond acceptors (Lipinski definition) is 4. The largest absolute Gasteiger partial charge is 0.472 e. The molecule has 0 saturated carbocycles. The molecule has 1 fully saturated rings. The van der Waals surface area contributed by atoms with Gasteiger partial charge in [-0.2, -0.15) is 0 Å². The molecule has 1 heterocycles.